The van der Waals surface area contributed by atoms with Gasteiger partial charge in [0.25, 0.3) is 0 Å². The maximum Gasteiger partial charge on any atom is 0.335 e. The predicted octanol–water partition coefficient (Wildman–Crippen LogP) is 2.74. The van der Waals surface area contributed by atoms with Crippen LogP contribution in [0.15, 0.2) is 54.6 Å². The molecular weight excluding hydrogens is 358 g/mol. The van der Waals surface area contributed by atoms with Crippen LogP contribution < -0.4 is 4.74 Å². The summed E-state index contributed by atoms with van der Waals surface area (Å²) in [6, 6.07) is 16.1. The highest BCUT2D eigenvalue weighted by molar-refractivity contribution is 5.90. The lowest BCUT2D eigenvalue weighted by molar-refractivity contribution is -0.132. The van der Waals surface area contributed by atoms with Gasteiger partial charge in [-0.1, -0.05) is 30.3 Å². The SMILES string of the molecule is O=C(O)c1cccc(-c2n[nH]c3c2CC(=O)N(CCOc2ccccc2)C3)c1. The summed E-state index contributed by atoms with van der Waals surface area (Å²) in [6.07, 6.45) is 0.226. The third-order valence-electron chi connectivity index (χ3n) is 4.74. The molecule has 2 N–H and O–H groups in total. The molecule has 0 saturated heterocycles. The summed E-state index contributed by atoms with van der Waals surface area (Å²) >= 11 is 0. The summed E-state index contributed by atoms with van der Waals surface area (Å²) in [4.78, 5) is 25.5. The van der Waals surface area contributed by atoms with Crippen molar-refractivity contribution >= 4 is 11.9 Å². The highest BCUT2D eigenvalue weighted by atomic mass is 16.5. The van der Waals surface area contributed by atoms with Crippen LogP contribution in [-0.4, -0.2) is 45.2 Å². The van der Waals surface area contributed by atoms with Gasteiger partial charge in [0.15, 0.2) is 0 Å². The van der Waals surface area contributed by atoms with Gasteiger partial charge in [-0.2, -0.15) is 5.10 Å². The van der Waals surface area contributed by atoms with E-state index in [0.717, 1.165) is 17.0 Å². The monoisotopic (exact) mass is 377 g/mol. The van der Waals surface area contributed by atoms with Crippen molar-refractivity contribution in [3.05, 3.63) is 71.4 Å². The molecule has 2 heterocycles. The largest absolute Gasteiger partial charge is 0.492 e. The molecule has 4 rings (SSSR count). The normalized spacial score (nSPS) is 13.3. The Bertz CT molecular complexity index is 1010. The van der Waals surface area contributed by atoms with Crippen molar-refractivity contribution < 1.29 is 19.4 Å². The predicted molar refractivity (Wildman–Crippen MR) is 102 cm³/mol. The number of carboxylic acid groups (broad SMARTS) is 1. The number of carbonyl (C=O) groups is 2. The van der Waals surface area contributed by atoms with Gasteiger partial charge in [0.1, 0.15) is 12.4 Å². The van der Waals surface area contributed by atoms with E-state index in [1.165, 1.54) is 6.07 Å². The Balaban J connectivity index is 1.47. The molecule has 0 bridgehead atoms. The molecule has 0 spiro atoms. The van der Waals surface area contributed by atoms with Gasteiger partial charge in [0, 0.05) is 11.1 Å². The number of carbonyl (C=O) groups excluding carboxylic acids is 1. The smallest absolute Gasteiger partial charge is 0.335 e. The number of aromatic amines is 1. The number of H-pyrrole nitrogens is 1. The van der Waals surface area contributed by atoms with Crippen molar-refractivity contribution in [2.75, 3.05) is 13.2 Å². The Hall–Kier alpha value is -3.61. The van der Waals surface area contributed by atoms with Crippen molar-refractivity contribution in [3.63, 3.8) is 0 Å². The van der Waals surface area contributed by atoms with Crippen LogP contribution in [-0.2, 0) is 17.8 Å². The zero-order valence-electron chi connectivity index (χ0n) is 15.1. The average molecular weight is 377 g/mol. The number of nitrogens with zero attached hydrogens (tertiary/aromatic N) is 2. The molecule has 7 heteroatoms. The summed E-state index contributed by atoms with van der Waals surface area (Å²) in [5.41, 5.74) is 3.21. The van der Waals surface area contributed by atoms with Gasteiger partial charge < -0.3 is 14.7 Å². The van der Waals surface area contributed by atoms with Gasteiger partial charge in [-0.15, -0.1) is 0 Å². The molecule has 0 radical (unpaired) electrons. The van der Waals surface area contributed by atoms with Crippen LogP contribution in [0.25, 0.3) is 11.3 Å². The molecule has 28 heavy (non-hydrogen) atoms. The van der Waals surface area contributed by atoms with E-state index in [0.29, 0.717) is 31.0 Å². The molecule has 0 atom stereocenters. The fourth-order valence-electron chi connectivity index (χ4n) is 3.30. The number of aromatic nitrogens is 2. The Kier molecular flexibility index (Phi) is 4.80. The van der Waals surface area contributed by atoms with E-state index in [4.69, 9.17) is 4.74 Å². The number of para-hydroxylation sites is 1. The zero-order valence-corrected chi connectivity index (χ0v) is 15.1. The molecular formula is C21H19N3O4. The summed E-state index contributed by atoms with van der Waals surface area (Å²) < 4.78 is 5.68. The molecule has 0 fully saturated rings. The first-order valence-corrected chi connectivity index (χ1v) is 8.97. The number of hydrogen-bond donors (Lipinski definition) is 2. The summed E-state index contributed by atoms with van der Waals surface area (Å²) in [5, 5.41) is 16.5. The van der Waals surface area contributed by atoms with Crippen molar-refractivity contribution in [2.45, 2.75) is 13.0 Å². The van der Waals surface area contributed by atoms with E-state index in [-0.39, 0.29) is 17.9 Å². The van der Waals surface area contributed by atoms with Crippen LogP contribution >= 0.6 is 0 Å². The molecule has 7 nitrogen and oxygen atoms in total. The third kappa shape index (κ3) is 3.59. The minimum Gasteiger partial charge on any atom is -0.492 e. The lowest BCUT2D eigenvalue weighted by Crippen LogP contribution is -2.38. The van der Waals surface area contributed by atoms with Gasteiger partial charge in [-0.3, -0.25) is 9.89 Å². The van der Waals surface area contributed by atoms with Crippen LogP contribution in [0.5, 0.6) is 5.75 Å². The first-order valence-electron chi connectivity index (χ1n) is 8.97. The van der Waals surface area contributed by atoms with Crippen molar-refractivity contribution in [1.82, 2.24) is 15.1 Å². The Morgan fingerprint density at radius 1 is 1.18 bits per heavy atom. The number of aromatic carboxylic acids is 1. The van der Waals surface area contributed by atoms with E-state index >= 15 is 0 Å². The number of rotatable bonds is 6. The molecule has 0 unspecified atom stereocenters. The topological polar surface area (TPSA) is 95.5 Å². The molecule has 0 aliphatic carbocycles. The quantitative estimate of drug-likeness (QED) is 0.689. The molecule has 1 amide bonds. The second-order valence-electron chi connectivity index (χ2n) is 6.57. The number of nitrogens with one attached hydrogen (secondary N) is 1. The fraction of sp³-hybridized carbons (Fsp3) is 0.190. The highest BCUT2D eigenvalue weighted by Gasteiger charge is 2.28. The standard InChI is InChI=1S/C21H19N3O4/c25-19-12-17-18(13-24(19)9-10-28-16-7-2-1-3-8-16)22-23-20(17)14-5-4-6-15(11-14)21(26)27/h1-8,11H,9-10,12-13H2,(H,22,23)(H,26,27). The van der Waals surface area contributed by atoms with Gasteiger partial charge >= 0.3 is 5.97 Å². The van der Waals surface area contributed by atoms with E-state index in [2.05, 4.69) is 10.2 Å². The number of carboxylic acids is 1. The fourth-order valence-corrected chi connectivity index (χ4v) is 3.30. The number of ether oxygens (including phenoxy) is 1. The minimum absolute atomic E-state index is 0.00111. The van der Waals surface area contributed by atoms with E-state index in [9.17, 15) is 14.7 Å². The van der Waals surface area contributed by atoms with Crippen LogP contribution in [0.2, 0.25) is 0 Å². The van der Waals surface area contributed by atoms with E-state index < -0.39 is 5.97 Å². The number of amides is 1. The van der Waals surface area contributed by atoms with Crippen LogP contribution in [0.1, 0.15) is 21.6 Å². The Morgan fingerprint density at radius 3 is 2.79 bits per heavy atom. The molecule has 2 aromatic carbocycles. The van der Waals surface area contributed by atoms with E-state index in [1.54, 1.807) is 23.1 Å². The maximum absolute atomic E-state index is 12.6. The Labute approximate surface area is 161 Å². The van der Waals surface area contributed by atoms with Crippen LogP contribution in [0.4, 0.5) is 0 Å². The number of fused-ring (bicyclic) bond motifs is 1. The summed E-state index contributed by atoms with van der Waals surface area (Å²) in [7, 11) is 0. The van der Waals surface area contributed by atoms with Crippen molar-refractivity contribution in [3.8, 4) is 17.0 Å². The van der Waals surface area contributed by atoms with Crippen LogP contribution in [0.3, 0.4) is 0 Å². The molecule has 142 valence electrons. The summed E-state index contributed by atoms with van der Waals surface area (Å²) in [6.45, 7) is 1.32. The van der Waals surface area contributed by atoms with Gasteiger partial charge in [-0.05, 0) is 24.3 Å². The maximum atomic E-state index is 12.6. The Morgan fingerprint density at radius 2 is 2.00 bits per heavy atom. The second kappa shape index (κ2) is 7.56. The van der Waals surface area contributed by atoms with Gasteiger partial charge in [-0.25, -0.2) is 4.79 Å². The van der Waals surface area contributed by atoms with Gasteiger partial charge in [0.2, 0.25) is 5.91 Å². The molecule has 1 aliphatic rings. The first-order chi connectivity index (χ1) is 13.6. The molecule has 0 saturated carbocycles. The average Bonchev–Trinajstić information content (AvgIpc) is 3.11. The molecule has 1 aromatic heterocycles. The number of benzene rings is 2. The van der Waals surface area contributed by atoms with Gasteiger partial charge in [0.05, 0.1) is 36.5 Å². The van der Waals surface area contributed by atoms with E-state index in [1.807, 2.05) is 30.3 Å². The number of hydrogen-bond acceptors (Lipinski definition) is 4. The van der Waals surface area contributed by atoms with Crippen molar-refractivity contribution in [2.24, 2.45) is 0 Å². The lowest BCUT2D eigenvalue weighted by Gasteiger charge is -2.26. The molecule has 3 aromatic rings. The van der Waals surface area contributed by atoms with Crippen molar-refractivity contribution in [1.29, 1.82) is 0 Å². The lowest BCUT2D eigenvalue weighted by atomic mass is 9.98. The first kappa shape index (κ1) is 17.8. The third-order valence-corrected chi connectivity index (χ3v) is 4.74. The highest BCUT2D eigenvalue weighted by Crippen LogP contribution is 2.29. The second-order valence-corrected chi connectivity index (χ2v) is 6.57. The van der Waals surface area contributed by atoms with Crippen LogP contribution in [0, 0.1) is 0 Å². The summed E-state index contributed by atoms with van der Waals surface area (Å²) in [5.74, 6) is -0.220. The minimum atomic E-state index is -0.994. The molecule has 1 aliphatic heterocycles. The zero-order chi connectivity index (χ0) is 19.5.